The van der Waals surface area contributed by atoms with Crippen molar-refractivity contribution >= 4 is 11.5 Å². The van der Waals surface area contributed by atoms with Gasteiger partial charge in [-0.05, 0) is 18.1 Å². The number of nitro benzene ring substituents is 1. The Hall–Kier alpha value is -2.51. The lowest BCUT2D eigenvalue weighted by atomic mass is 10.1. The molecule has 0 atom stereocenters. The van der Waals surface area contributed by atoms with Crippen molar-refractivity contribution in [3.63, 3.8) is 0 Å². The standard InChI is InChI=1S/C12H14FN5O2/c1-7(2)11-12(14)15-16-17(11)6-8-5-9(13)3-4-10(8)18(19)20/h3-5,7H,6,14H2,1-2H3. The van der Waals surface area contributed by atoms with Crippen LogP contribution < -0.4 is 5.73 Å². The lowest BCUT2D eigenvalue weighted by Gasteiger charge is -2.10. The molecule has 0 fully saturated rings. The van der Waals surface area contributed by atoms with Crippen molar-refractivity contribution in [2.45, 2.75) is 26.3 Å². The Bertz CT molecular complexity index is 653. The van der Waals surface area contributed by atoms with Crippen LogP contribution in [0.15, 0.2) is 18.2 Å². The second-order valence-electron chi connectivity index (χ2n) is 4.70. The minimum Gasteiger partial charge on any atom is -0.381 e. The predicted octanol–water partition coefficient (Wildman–Crippen LogP) is 2.08. The van der Waals surface area contributed by atoms with Crippen molar-refractivity contribution in [2.24, 2.45) is 0 Å². The summed E-state index contributed by atoms with van der Waals surface area (Å²) in [7, 11) is 0. The summed E-state index contributed by atoms with van der Waals surface area (Å²) >= 11 is 0. The maximum absolute atomic E-state index is 13.3. The number of hydrogen-bond donors (Lipinski definition) is 1. The number of nitrogens with zero attached hydrogens (tertiary/aromatic N) is 4. The molecule has 0 aliphatic rings. The molecule has 0 saturated heterocycles. The fourth-order valence-electron chi connectivity index (χ4n) is 2.06. The Morgan fingerprint density at radius 3 is 2.80 bits per heavy atom. The van der Waals surface area contributed by atoms with Crippen LogP contribution in [0.3, 0.4) is 0 Å². The molecule has 0 saturated carbocycles. The van der Waals surface area contributed by atoms with Crippen LogP contribution in [0, 0.1) is 15.9 Å². The number of benzene rings is 1. The van der Waals surface area contributed by atoms with Crippen molar-refractivity contribution in [1.29, 1.82) is 0 Å². The van der Waals surface area contributed by atoms with Crippen molar-refractivity contribution in [1.82, 2.24) is 15.0 Å². The summed E-state index contributed by atoms with van der Waals surface area (Å²) in [4.78, 5) is 10.4. The van der Waals surface area contributed by atoms with Crippen LogP contribution >= 0.6 is 0 Å². The maximum Gasteiger partial charge on any atom is 0.274 e. The van der Waals surface area contributed by atoms with Gasteiger partial charge in [0.2, 0.25) is 0 Å². The van der Waals surface area contributed by atoms with Gasteiger partial charge in [-0.2, -0.15) is 0 Å². The number of nitro groups is 1. The molecule has 0 unspecified atom stereocenters. The van der Waals surface area contributed by atoms with Gasteiger partial charge >= 0.3 is 0 Å². The normalized spacial score (nSPS) is 11.0. The highest BCUT2D eigenvalue weighted by molar-refractivity contribution is 5.42. The first-order valence-electron chi connectivity index (χ1n) is 6.01. The molecule has 7 nitrogen and oxygen atoms in total. The molecular weight excluding hydrogens is 265 g/mol. The van der Waals surface area contributed by atoms with Crippen molar-refractivity contribution in [2.75, 3.05) is 5.73 Å². The van der Waals surface area contributed by atoms with Crippen molar-refractivity contribution < 1.29 is 9.31 Å². The third kappa shape index (κ3) is 2.58. The summed E-state index contributed by atoms with van der Waals surface area (Å²) in [5.74, 6) is -0.207. The van der Waals surface area contributed by atoms with Gasteiger partial charge in [0.1, 0.15) is 5.82 Å². The van der Waals surface area contributed by atoms with Crippen LogP contribution in [0.2, 0.25) is 0 Å². The number of rotatable bonds is 4. The SMILES string of the molecule is CC(C)c1c(N)nnn1Cc1cc(F)ccc1[N+](=O)[O-]. The van der Waals surface area contributed by atoms with E-state index >= 15 is 0 Å². The van der Waals surface area contributed by atoms with Gasteiger partial charge < -0.3 is 5.73 Å². The molecule has 0 radical (unpaired) electrons. The molecule has 20 heavy (non-hydrogen) atoms. The molecule has 0 aliphatic carbocycles. The third-order valence-corrected chi connectivity index (χ3v) is 2.91. The van der Waals surface area contributed by atoms with Gasteiger partial charge in [-0.25, -0.2) is 9.07 Å². The average molecular weight is 279 g/mol. The average Bonchev–Trinajstić information content (AvgIpc) is 2.70. The number of aromatic nitrogens is 3. The molecule has 0 amide bonds. The second-order valence-corrected chi connectivity index (χ2v) is 4.70. The molecule has 0 bridgehead atoms. The largest absolute Gasteiger partial charge is 0.381 e. The van der Waals surface area contributed by atoms with Gasteiger partial charge in [0, 0.05) is 6.07 Å². The van der Waals surface area contributed by atoms with Gasteiger partial charge in [-0.15, -0.1) is 5.10 Å². The molecule has 0 spiro atoms. The van der Waals surface area contributed by atoms with Crippen molar-refractivity contribution in [3.05, 3.63) is 45.4 Å². The summed E-state index contributed by atoms with van der Waals surface area (Å²) in [5, 5.41) is 18.6. The highest BCUT2D eigenvalue weighted by atomic mass is 19.1. The number of anilines is 1. The van der Waals surface area contributed by atoms with E-state index in [2.05, 4.69) is 10.3 Å². The first kappa shape index (κ1) is 13.9. The molecule has 1 heterocycles. The van der Waals surface area contributed by atoms with E-state index in [-0.39, 0.29) is 29.5 Å². The van der Waals surface area contributed by atoms with Gasteiger partial charge in [-0.3, -0.25) is 10.1 Å². The summed E-state index contributed by atoms with van der Waals surface area (Å²) in [6.45, 7) is 3.86. The van der Waals surface area contributed by atoms with E-state index in [4.69, 9.17) is 5.73 Å². The summed E-state index contributed by atoms with van der Waals surface area (Å²) in [6, 6.07) is 3.32. The Morgan fingerprint density at radius 1 is 1.50 bits per heavy atom. The zero-order chi connectivity index (χ0) is 14.9. The number of nitrogen functional groups attached to an aromatic ring is 1. The monoisotopic (exact) mass is 279 g/mol. The molecule has 1 aromatic heterocycles. The number of nitrogens with two attached hydrogens (primary N) is 1. The summed E-state index contributed by atoms with van der Waals surface area (Å²) in [6.07, 6.45) is 0. The Balaban J connectivity index is 2.45. The quantitative estimate of drug-likeness (QED) is 0.682. The molecule has 1 aromatic carbocycles. The second kappa shape index (κ2) is 5.24. The van der Waals surface area contributed by atoms with Crippen LogP contribution in [0.5, 0.6) is 0 Å². The van der Waals surface area contributed by atoms with Crippen LogP contribution in [-0.2, 0) is 6.54 Å². The minimum absolute atomic E-state index is 0.0474. The Labute approximate surface area is 114 Å². The maximum atomic E-state index is 13.3. The highest BCUT2D eigenvalue weighted by Crippen LogP contribution is 2.24. The van der Waals surface area contributed by atoms with E-state index in [9.17, 15) is 14.5 Å². The predicted molar refractivity (Wildman–Crippen MR) is 70.7 cm³/mol. The van der Waals surface area contributed by atoms with Crippen LogP contribution in [-0.4, -0.2) is 19.9 Å². The topological polar surface area (TPSA) is 99.9 Å². The number of hydrogen-bond acceptors (Lipinski definition) is 5. The molecule has 106 valence electrons. The smallest absolute Gasteiger partial charge is 0.274 e. The van der Waals surface area contributed by atoms with E-state index in [0.29, 0.717) is 5.69 Å². The van der Waals surface area contributed by atoms with Gasteiger partial charge in [-0.1, -0.05) is 19.1 Å². The molecule has 2 N–H and O–H groups in total. The van der Waals surface area contributed by atoms with Crippen molar-refractivity contribution in [3.8, 4) is 0 Å². The molecule has 2 aromatic rings. The molecule has 8 heteroatoms. The van der Waals surface area contributed by atoms with E-state index in [1.165, 1.54) is 4.68 Å². The highest BCUT2D eigenvalue weighted by Gasteiger charge is 2.19. The zero-order valence-corrected chi connectivity index (χ0v) is 11.1. The fourth-order valence-corrected chi connectivity index (χ4v) is 2.06. The van der Waals surface area contributed by atoms with E-state index in [1.54, 1.807) is 0 Å². The molecule has 2 rings (SSSR count). The first-order valence-corrected chi connectivity index (χ1v) is 6.01. The fraction of sp³-hybridized carbons (Fsp3) is 0.333. The van der Waals surface area contributed by atoms with Gasteiger partial charge in [0.15, 0.2) is 5.82 Å². The van der Waals surface area contributed by atoms with E-state index in [0.717, 1.165) is 18.2 Å². The van der Waals surface area contributed by atoms with E-state index in [1.807, 2.05) is 13.8 Å². The third-order valence-electron chi connectivity index (χ3n) is 2.91. The number of halogens is 1. The van der Waals surface area contributed by atoms with E-state index < -0.39 is 10.7 Å². The Morgan fingerprint density at radius 2 is 2.20 bits per heavy atom. The molecule has 0 aliphatic heterocycles. The van der Waals surface area contributed by atoms with Crippen LogP contribution in [0.1, 0.15) is 31.0 Å². The van der Waals surface area contributed by atoms with Crippen LogP contribution in [0.25, 0.3) is 0 Å². The lowest BCUT2D eigenvalue weighted by molar-refractivity contribution is -0.385. The van der Waals surface area contributed by atoms with Crippen LogP contribution in [0.4, 0.5) is 15.9 Å². The minimum atomic E-state index is -0.551. The summed E-state index contributed by atoms with van der Waals surface area (Å²) < 4.78 is 14.7. The Kier molecular flexibility index (Phi) is 3.64. The molecular formula is C12H14FN5O2. The first-order chi connectivity index (χ1) is 9.40. The van der Waals surface area contributed by atoms with Gasteiger partial charge in [0.25, 0.3) is 5.69 Å². The zero-order valence-electron chi connectivity index (χ0n) is 11.1. The summed E-state index contributed by atoms with van der Waals surface area (Å²) in [5.41, 5.74) is 6.46. The lowest BCUT2D eigenvalue weighted by Crippen LogP contribution is -2.10. The van der Waals surface area contributed by atoms with Gasteiger partial charge in [0.05, 0.1) is 22.7 Å².